The number of rotatable bonds is 2. The molecule has 0 aliphatic rings. The zero-order valence-corrected chi connectivity index (χ0v) is 13.7. The van der Waals surface area contributed by atoms with Crippen molar-refractivity contribution in [1.29, 1.82) is 0 Å². The van der Waals surface area contributed by atoms with Gasteiger partial charge >= 0.3 is 0 Å². The predicted molar refractivity (Wildman–Crippen MR) is 89.5 cm³/mol. The molecule has 1 heterocycles. The third-order valence-corrected chi connectivity index (χ3v) is 4.11. The average Bonchev–Trinajstić information content (AvgIpc) is 2.80. The van der Waals surface area contributed by atoms with Gasteiger partial charge in [-0.15, -0.1) is 0 Å². The zero-order valence-electron chi connectivity index (χ0n) is 10.6. The summed E-state index contributed by atoms with van der Waals surface area (Å²) in [5.74, 6) is 0.844. The second-order valence-corrected chi connectivity index (χ2v) is 6.14. The summed E-state index contributed by atoms with van der Waals surface area (Å²) in [6.07, 6.45) is 0. The van der Waals surface area contributed by atoms with Gasteiger partial charge in [0.1, 0.15) is 0 Å². The van der Waals surface area contributed by atoms with Crippen molar-refractivity contribution < 1.29 is 4.52 Å². The highest BCUT2D eigenvalue weighted by molar-refractivity contribution is 9.10. The fourth-order valence-corrected chi connectivity index (χ4v) is 3.12. The first-order chi connectivity index (χ1) is 10.1. The average molecular weight is 384 g/mol. The lowest BCUT2D eigenvalue weighted by Gasteiger charge is -2.06. The molecule has 3 rings (SSSR count). The third-order valence-electron chi connectivity index (χ3n) is 2.99. The van der Waals surface area contributed by atoms with Gasteiger partial charge in [-0.25, -0.2) is 0 Å². The van der Waals surface area contributed by atoms with Crippen LogP contribution in [0, 0.1) is 0 Å². The molecule has 0 fully saturated rings. The molecule has 0 spiro atoms. The van der Waals surface area contributed by atoms with Gasteiger partial charge in [0.2, 0.25) is 0 Å². The highest BCUT2D eigenvalue weighted by atomic mass is 79.9. The van der Waals surface area contributed by atoms with Crippen molar-refractivity contribution >= 4 is 44.9 Å². The number of benzene rings is 2. The van der Waals surface area contributed by atoms with Crippen LogP contribution in [0.15, 0.2) is 51.5 Å². The SMILES string of the molecule is Nc1noc(-c2cc(Cl)cc(Cl)c2)c1-c1ccccc1Br. The second kappa shape index (κ2) is 5.72. The van der Waals surface area contributed by atoms with E-state index in [2.05, 4.69) is 21.1 Å². The number of aromatic nitrogens is 1. The van der Waals surface area contributed by atoms with Gasteiger partial charge in [-0.1, -0.05) is 62.5 Å². The van der Waals surface area contributed by atoms with Gasteiger partial charge in [0.15, 0.2) is 11.6 Å². The first kappa shape index (κ1) is 14.4. The molecule has 6 heteroatoms. The van der Waals surface area contributed by atoms with Crippen LogP contribution in [0.4, 0.5) is 5.82 Å². The number of anilines is 1. The van der Waals surface area contributed by atoms with Gasteiger partial charge in [0.25, 0.3) is 0 Å². The minimum atomic E-state index is 0.313. The van der Waals surface area contributed by atoms with Gasteiger partial charge in [0.05, 0.1) is 5.56 Å². The Bertz CT molecular complexity index is 797. The van der Waals surface area contributed by atoms with Crippen molar-refractivity contribution in [3.63, 3.8) is 0 Å². The molecule has 1 aromatic heterocycles. The molecule has 2 aromatic carbocycles. The first-order valence-electron chi connectivity index (χ1n) is 6.03. The number of nitrogen functional groups attached to an aromatic ring is 1. The molecule has 0 radical (unpaired) electrons. The van der Waals surface area contributed by atoms with Crippen LogP contribution in [0.1, 0.15) is 0 Å². The maximum Gasteiger partial charge on any atom is 0.177 e. The smallest absolute Gasteiger partial charge is 0.177 e. The summed E-state index contributed by atoms with van der Waals surface area (Å²) in [6, 6.07) is 12.9. The minimum Gasteiger partial charge on any atom is -0.380 e. The molecule has 0 atom stereocenters. The molecule has 0 saturated carbocycles. The Labute approximate surface area is 139 Å². The van der Waals surface area contributed by atoms with Crippen molar-refractivity contribution in [3.05, 3.63) is 57.0 Å². The van der Waals surface area contributed by atoms with Crippen LogP contribution in [0.5, 0.6) is 0 Å². The Kier molecular flexibility index (Phi) is 3.93. The number of hydrogen-bond acceptors (Lipinski definition) is 3. The van der Waals surface area contributed by atoms with Crippen molar-refractivity contribution in [1.82, 2.24) is 5.16 Å². The normalized spacial score (nSPS) is 10.8. The molecule has 3 aromatic rings. The lowest BCUT2D eigenvalue weighted by molar-refractivity contribution is 0.436. The van der Waals surface area contributed by atoms with Gasteiger partial charge in [0, 0.05) is 25.6 Å². The number of nitrogens with two attached hydrogens (primary N) is 1. The Balaban J connectivity index is 2.24. The van der Waals surface area contributed by atoms with Crippen LogP contribution in [-0.2, 0) is 0 Å². The number of halogens is 3. The Hall–Kier alpha value is -1.49. The largest absolute Gasteiger partial charge is 0.380 e. The Morgan fingerprint density at radius 1 is 1.05 bits per heavy atom. The highest BCUT2D eigenvalue weighted by Crippen LogP contribution is 2.41. The van der Waals surface area contributed by atoms with E-state index in [0.717, 1.165) is 15.6 Å². The summed E-state index contributed by atoms with van der Waals surface area (Å²) >= 11 is 15.6. The second-order valence-electron chi connectivity index (χ2n) is 4.41. The summed E-state index contributed by atoms with van der Waals surface area (Å²) in [6.45, 7) is 0. The lowest BCUT2D eigenvalue weighted by atomic mass is 10.0. The molecule has 0 aliphatic carbocycles. The van der Waals surface area contributed by atoms with E-state index in [1.165, 1.54) is 0 Å². The van der Waals surface area contributed by atoms with Crippen molar-refractivity contribution in [2.45, 2.75) is 0 Å². The van der Waals surface area contributed by atoms with Gasteiger partial charge in [-0.2, -0.15) is 0 Å². The molecule has 2 N–H and O–H groups in total. The number of nitrogens with zero attached hydrogens (tertiary/aromatic N) is 1. The van der Waals surface area contributed by atoms with Crippen molar-refractivity contribution in [2.75, 3.05) is 5.73 Å². The molecule has 0 unspecified atom stereocenters. The zero-order chi connectivity index (χ0) is 15.0. The van der Waals surface area contributed by atoms with Crippen LogP contribution >= 0.6 is 39.1 Å². The molecule has 0 aliphatic heterocycles. The van der Waals surface area contributed by atoms with E-state index in [1.54, 1.807) is 18.2 Å². The van der Waals surface area contributed by atoms with Crippen LogP contribution in [0.25, 0.3) is 22.5 Å². The van der Waals surface area contributed by atoms with E-state index in [4.69, 9.17) is 33.5 Å². The van der Waals surface area contributed by atoms with Gasteiger partial charge < -0.3 is 10.3 Å². The number of hydrogen-bond donors (Lipinski definition) is 1. The van der Waals surface area contributed by atoms with Crippen molar-refractivity contribution in [3.8, 4) is 22.5 Å². The molecule has 3 nitrogen and oxygen atoms in total. The van der Waals surface area contributed by atoms with E-state index < -0.39 is 0 Å². The molecule has 0 amide bonds. The summed E-state index contributed by atoms with van der Waals surface area (Å²) in [4.78, 5) is 0. The van der Waals surface area contributed by atoms with Crippen LogP contribution < -0.4 is 5.73 Å². The van der Waals surface area contributed by atoms with Crippen molar-refractivity contribution in [2.24, 2.45) is 0 Å². The quantitative estimate of drug-likeness (QED) is 0.621. The highest BCUT2D eigenvalue weighted by Gasteiger charge is 2.20. The van der Waals surface area contributed by atoms with Gasteiger partial charge in [-0.05, 0) is 24.3 Å². The first-order valence-corrected chi connectivity index (χ1v) is 7.57. The predicted octanol–water partition coefficient (Wildman–Crippen LogP) is 5.66. The van der Waals surface area contributed by atoms with E-state index in [9.17, 15) is 0 Å². The van der Waals surface area contributed by atoms with Gasteiger partial charge in [-0.3, -0.25) is 0 Å². The molecule has 106 valence electrons. The topological polar surface area (TPSA) is 52.0 Å². The van der Waals surface area contributed by atoms with E-state index in [0.29, 0.717) is 27.2 Å². The summed E-state index contributed by atoms with van der Waals surface area (Å²) in [5, 5.41) is 4.90. The molecular weight excluding hydrogens is 375 g/mol. The van der Waals surface area contributed by atoms with E-state index in [-0.39, 0.29) is 0 Å². The summed E-state index contributed by atoms with van der Waals surface area (Å²) < 4.78 is 6.29. The maximum absolute atomic E-state index is 6.05. The monoisotopic (exact) mass is 382 g/mol. The lowest BCUT2D eigenvalue weighted by Crippen LogP contribution is -1.89. The minimum absolute atomic E-state index is 0.313. The molecule has 0 bridgehead atoms. The summed E-state index contributed by atoms with van der Waals surface area (Å²) in [7, 11) is 0. The third kappa shape index (κ3) is 2.79. The fourth-order valence-electron chi connectivity index (χ4n) is 2.11. The Morgan fingerprint density at radius 3 is 2.38 bits per heavy atom. The van der Waals surface area contributed by atoms with E-state index >= 15 is 0 Å². The molecule has 0 saturated heterocycles. The van der Waals surface area contributed by atoms with Crippen LogP contribution in [0.2, 0.25) is 10.0 Å². The molecular formula is C15H9BrCl2N2O. The molecule has 21 heavy (non-hydrogen) atoms. The summed E-state index contributed by atoms with van der Waals surface area (Å²) in [5.41, 5.74) is 8.29. The van der Waals surface area contributed by atoms with E-state index in [1.807, 2.05) is 24.3 Å². The van der Waals surface area contributed by atoms with Crippen LogP contribution in [0.3, 0.4) is 0 Å². The van der Waals surface area contributed by atoms with Crippen LogP contribution in [-0.4, -0.2) is 5.16 Å². The fraction of sp³-hybridized carbons (Fsp3) is 0. The standard InChI is InChI=1S/C15H9BrCl2N2O/c16-12-4-2-1-3-11(12)13-14(21-20-15(13)19)8-5-9(17)7-10(18)6-8/h1-7H,(H2,19,20). The maximum atomic E-state index is 6.05. The Morgan fingerprint density at radius 2 is 1.71 bits per heavy atom.